The van der Waals surface area contributed by atoms with E-state index in [1.54, 1.807) is 4.90 Å². The van der Waals surface area contributed by atoms with Gasteiger partial charge in [0.2, 0.25) is 15.7 Å². The number of anilines is 1. The first kappa shape index (κ1) is 21.4. The number of carbonyl (C=O) groups excluding carboxylic acids is 1. The molecule has 142 valence electrons. The minimum Gasteiger partial charge on any atom is -0.383 e. The molecule has 0 aliphatic carbocycles. The summed E-state index contributed by atoms with van der Waals surface area (Å²) in [5.41, 5.74) is -0.175. The Morgan fingerprint density at radius 1 is 1.16 bits per heavy atom. The molecular formula is C15H22F2N2O5S. The minimum atomic E-state index is -4.81. The number of halogens is 2. The number of para-hydroxylation sites is 1. The van der Waals surface area contributed by atoms with Gasteiger partial charge in [0.15, 0.2) is 0 Å². The molecule has 1 rings (SSSR count). The van der Waals surface area contributed by atoms with Crippen LogP contribution in [0.25, 0.3) is 0 Å². The molecule has 0 aliphatic rings. The summed E-state index contributed by atoms with van der Waals surface area (Å²) in [6.45, 7) is 1.66. The van der Waals surface area contributed by atoms with Crippen LogP contribution >= 0.6 is 0 Å². The molecule has 1 N–H and O–H groups in total. The molecule has 0 atom stereocenters. The van der Waals surface area contributed by atoms with Gasteiger partial charge in [-0.25, -0.2) is 8.42 Å². The molecule has 7 nitrogen and oxygen atoms in total. The van der Waals surface area contributed by atoms with Gasteiger partial charge in [0, 0.05) is 27.3 Å². The second-order valence-electron chi connectivity index (χ2n) is 5.11. The number of hydrogen-bond donors (Lipinski definition) is 1. The fraction of sp³-hybridized carbons (Fsp3) is 0.533. The van der Waals surface area contributed by atoms with E-state index >= 15 is 0 Å². The van der Waals surface area contributed by atoms with Crippen molar-refractivity contribution >= 4 is 21.4 Å². The molecule has 0 aliphatic heterocycles. The first-order valence-corrected chi connectivity index (χ1v) is 8.98. The predicted molar refractivity (Wildman–Crippen MR) is 88.5 cm³/mol. The van der Waals surface area contributed by atoms with E-state index in [1.807, 2.05) is 0 Å². The van der Waals surface area contributed by atoms with Crippen LogP contribution in [0, 0.1) is 0 Å². The molecule has 10 heteroatoms. The van der Waals surface area contributed by atoms with Gasteiger partial charge >= 0.3 is 5.76 Å². The number of amides is 1. The summed E-state index contributed by atoms with van der Waals surface area (Å²) in [5.74, 6) is -4.09. The zero-order valence-electron chi connectivity index (χ0n) is 14.1. The van der Waals surface area contributed by atoms with E-state index in [0.29, 0.717) is 26.3 Å². The number of alkyl halides is 2. The Morgan fingerprint density at radius 2 is 1.72 bits per heavy atom. The number of rotatable bonds is 11. The largest absolute Gasteiger partial charge is 0.383 e. The van der Waals surface area contributed by atoms with E-state index < -0.39 is 26.4 Å². The van der Waals surface area contributed by atoms with Crippen molar-refractivity contribution in [1.82, 2.24) is 4.90 Å². The molecular weight excluding hydrogens is 358 g/mol. The van der Waals surface area contributed by atoms with Gasteiger partial charge in [-0.3, -0.25) is 9.69 Å². The topological polar surface area (TPSA) is 84.9 Å². The van der Waals surface area contributed by atoms with Crippen molar-refractivity contribution in [2.24, 2.45) is 0 Å². The van der Waals surface area contributed by atoms with Crippen LogP contribution in [0.2, 0.25) is 0 Å². The van der Waals surface area contributed by atoms with E-state index in [-0.39, 0.29) is 12.2 Å². The lowest BCUT2D eigenvalue weighted by Gasteiger charge is -2.21. The zero-order chi connectivity index (χ0) is 18.9. The SMILES string of the molecule is COCCN(CCOC)CC(=O)Nc1ccccc1S(=O)(=O)C(F)F. The van der Waals surface area contributed by atoms with Crippen LogP contribution in [0.5, 0.6) is 0 Å². The summed E-state index contributed by atoms with van der Waals surface area (Å²) >= 11 is 0. The zero-order valence-corrected chi connectivity index (χ0v) is 14.9. The van der Waals surface area contributed by atoms with Gasteiger partial charge in [0.25, 0.3) is 0 Å². The van der Waals surface area contributed by atoms with Gasteiger partial charge < -0.3 is 14.8 Å². The quantitative estimate of drug-likeness (QED) is 0.621. The van der Waals surface area contributed by atoms with Gasteiger partial charge in [-0.1, -0.05) is 12.1 Å². The molecule has 1 aromatic carbocycles. The summed E-state index contributed by atoms with van der Waals surface area (Å²) in [4.78, 5) is 13.3. The highest BCUT2D eigenvalue weighted by molar-refractivity contribution is 7.91. The van der Waals surface area contributed by atoms with Crippen molar-refractivity contribution < 1.29 is 31.5 Å². The highest BCUT2D eigenvalue weighted by Crippen LogP contribution is 2.26. The maximum atomic E-state index is 12.8. The summed E-state index contributed by atoms with van der Waals surface area (Å²) in [6.07, 6.45) is 0. The lowest BCUT2D eigenvalue weighted by atomic mass is 10.3. The van der Waals surface area contributed by atoms with Crippen LogP contribution in [0.15, 0.2) is 29.2 Å². The van der Waals surface area contributed by atoms with E-state index in [0.717, 1.165) is 6.07 Å². The Kier molecular flexibility index (Phi) is 8.90. The molecule has 0 heterocycles. The standard InChI is InChI=1S/C15H22F2N2O5S/c1-23-9-7-19(8-10-24-2)11-14(20)18-12-5-3-4-6-13(12)25(21,22)15(16)17/h3-6,15H,7-11H2,1-2H3,(H,18,20). The van der Waals surface area contributed by atoms with Gasteiger partial charge in [0.1, 0.15) is 0 Å². The Morgan fingerprint density at radius 3 is 2.24 bits per heavy atom. The van der Waals surface area contributed by atoms with Crippen LogP contribution in [0.4, 0.5) is 14.5 Å². The van der Waals surface area contributed by atoms with Crippen LogP contribution < -0.4 is 5.32 Å². The molecule has 0 aromatic heterocycles. The molecule has 0 unspecified atom stereocenters. The highest BCUT2D eigenvalue weighted by atomic mass is 32.2. The van der Waals surface area contributed by atoms with E-state index in [4.69, 9.17) is 9.47 Å². The third-order valence-electron chi connectivity index (χ3n) is 3.29. The third-order valence-corrected chi connectivity index (χ3v) is 4.73. The Bertz CT molecular complexity index is 647. The number of hydrogen-bond acceptors (Lipinski definition) is 6. The second-order valence-corrected chi connectivity index (χ2v) is 7.00. The first-order chi connectivity index (χ1) is 11.8. The minimum absolute atomic E-state index is 0.0597. The molecule has 0 spiro atoms. The number of sulfone groups is 1. The van der Waals surface area contributed by atoms with Crippen molar-refractivity contribution in [2.75, 3.05) is 52.4 Å². The summed E-state index contributed by atoms with van der Waals surface area (Å²) < 4.78 is 58.9. The molecule has 1 aromatic rings. The van der Waals surface area contributed by atoms with Crippen molar-refractivity contribution in [3.8, 4) is 0 Å². The number of benzene rings is 1. The molecule has 1 amide bonds. The fourth-order valence-electron chi connectivity index (χ4n) is 2.02. The first-order valence-electron chi connectivity index (χ1n) is 7.44. The number of nitrogens with zero attached hydrogens (tertiary/aromatic N) is 1. The smallest absolute Gasteiger partial charge is 0.341 e. The van der Waals surface area contributed by atoms with Crippen LogP contribution in [0.1, 0.15) is 0 Å². The average molecular weight is 380 g/mol. The van der Waals surface area contributed by atoms with Crippen molar-refractivity contribution in [3.63, 3.8) is 0 Å². The Balaban J connectivity index is 2.86. The Labute approximate surface area is 145 Å². The average Bonchev–Trinajstić information content (AvgIpc) is 2.57. The van der Waals surface area contributed by atoms with Crippen LogP contribution in [-0.4, -0.2) is 72.0 Å². The molecule has 0 saturated heterocycles. The van der Waals surface area contributed by atoms with Gasteiger partial charge in [-0.15, -0.1) is 0 Å². The normalized spacial score (nSPS) is 11.9. The maximum absolute atomic E-state index is 12.8. The summed E-state index contributed by atoms with van der Waals surface area (Å²) in [5, 5.41) is 2.38. The predicted octanol–water partition coefficient (Wildman–Crippen LogP) is 1.22. The summed E-state index contributed by atoms with van der Waals surface area (Å²) in [7, 11) is -1.76. The Hall–Kier alpha value is -1.62. The highest BCUT2D eigenvalue weighted by Gasteiger charge is 2.29. The maximum Gasteiger partial charge on any atom is 0.341 e. The van der Waals surface area contributed by atoms with Crippen molar-refractivity contribution in [3.05, 3.63) is 24.3 Å². The van der Waals surface area contributed by atoms with Gasteiger partial charge in [0.05, 0.1) is 30.3 Å². The van der Waals surface area contributed by atoms with Gasteiger partial charge in [-0.2, -0.15) is 8.78 Å². The van der Waals surface area contributed by atoms with Crippen molar-refractivity contribution in [1.29, 1.82) is 0 Å². The lowest BCUT2D eigenvalue weighted by molar-refractivity contribution is -0.117. The van der Waals surface area contributed by atoms with Gasteiger partial charge in [-0.05, 0) is 12.1 Å². The third kappa shape index (κ3) is 6.65. The molecule has 0 saturated carbocycles. The molecule has 0 bridgehead atoms. The fourth-order valence-corrected chi connectivity index (χ4v) is 2.90. The summed E-state index contributed by atoms with van der Waals surface area (Å²) in [6, 6.07) is 5.06. The monoisotopic (exact) mass is 380 g/mol. The van der Waals surface area contributed by atoms with E-state index in [2.05, 4.69) is 5.32 Å². The number of nitrogens with one attached hydrogen (secondary N) is 1. The van der Waals surface area contributed by atoms with Crippen LogP contribution in [-0.2, 0) is 24.1 Å². The number of methoxy groups -OCH3 is 2. The van der Waals surface area contributed by atoms with E-state index in [9.17, 15) is 22.0 Å². The number of carbonyl (C=O) groups is 1. The second kappa shape index (κ2) is 10.4. The molecule has 25 heavy (non-hydrogen) atoms. The van der Waals surface area contributed by atoms with E-state index in [1.165, 1.54) is 32.4 Å². The van der Waals surface area contributed by atoms with Crippen molar-refractivity contribution in [2.45, 2.75) is 10.7 Å². The molecule has 0 radical (unpaired) electrons. The number of ether oxygens (including phenoxy) is 2. The molecule has 0 fully saturated rings. The van der Waals surface area contributed by atoms with Crippen LogP contribution in [0.3, 0.4) is 0 Å². The lowest BCUT2D eigenvalue weighted by Crippen LogP contribution is -2.37.